The van der Waals surface area contributed by atoms with Gasteiger partial charge in [-0.1, -0.05) is 50.6 Å². The molecule has 0 aliphatic rings. The Morgan fingerprint density at radius 2 is 1.79 bits per heavy atom. The lowest BCUT2D eigenvalue weighted by molar-refractivity contribution is -0.111. The first-order chi connectivity index (χ1) is 19.1. The number of hydrogen-bond donors (Lipinski definition) is 1. The zero-order chi connectivity index (χ0) is 27.5. The number of aryl methyl sites for hydroxylation is 1. The molecule has 1 heterocycles. The summed E-state index contributed by atoms with van der Waals surface area (Å²) in [5.41, 5.74) is 4.69. The Hall–Kier alpha value is -3.97. The molecule has 0 saturated carbocycles. The molecule has 202 valence electrons. The molecule has 1 unspecified atom stereocenters. The summed E-state index contributed by atoms with van der Waals surface area (Å²) in [4.78, 5) is 17.4. The quantitative estimate of drug-likeness (QED) is 0.145. The average Bonchev–Trinajstić information content (AvgIpc) is 3.39. The van der Waals surface area contributed by atoms with Crippen molar-refractivity contribution in [3.63, 3.8) is 0 Å². The lowest BCUT2D eigenvalue weighted by atomic mass is 10.0. The summed E-state index contributed by atoms with van der Waals surface area (Å²) in [5, 5.41) is 2.87. The maximum atomic E-state index is 12.8. The molecule has 7 heteroatoms. The summed E-state index contributed by atoms with van der Waals surface area (Å²) >= 11 is 0. The molecular formula is C32H35N3O3S. The number of ether oxygens (including phenoxy) is 1. The Morgan fingerprint density at radius 1 is 1.00 bits per heavy atom. The Balaban J connectivity index is 1.32. The van der Waals surface area contributed by atoms with Crippen molar-refractivity contribution in [2.24, 2.45) is 0 Å². The highest BCUT2D eigenvalue weighted by molar-refractivity contribution is 7.84. The van der Waals surface area contributed by atoms with Gasteiger partial charge in [-0.3, -0.25) is 9.00 Å². The van der Waals surface area contributed by atoms with Gasteiger partial charge >= 0.3 is 0 Å². The van der Waals surface area contributed by atoms with Crippen LogP contribution in [0.4, 0.5) is 5.69 Å². The maximum Gasteiger partial charge on any atom is 0.248 e. The van der Waals surface area contributed by atoms with Gasteiger partial charge in [0.1, 0.15) is 5.75 Å². The van der Waals surface area contributed by atoms with E-state index in [2.05, 4.69) is 24.1 Å². The van der Waals surface area contributed by atoms with E-state index in [-0.39, 0.29) is 5.91 Å². The van der Waals surface area contributed by atoms with Crippen LogP contribution in [0.25, 0.3) is 17.2 Å². The number of amides is 1. The van der Waals surface area contributed by atoms with Gasteiger partial charge in [0.2, 0.25) is 5.91 Å². The second kappa shape index (κ2) is 14.3. The fourth-order valence-electron chi connectivity index (χ4n) is 4.07. The largest absolute Gasteiger partial charge is 0.494 e. The number of hydrogen-bond acceptors (Lipinski definition) is 4. The summed E-state index contributed by atoms with van der Waals surface area (Å²) in [6, 6.07) is 23.3. The fourth-order valence-corrected chi connectivity index (χ4v) is 5.19. The maximum absolute atomic E-state index is 12.8. The molecule has 3 aromatic carbocycles. The zero-order valence-corrected chi connectivity index (χ0v) is 23.3. The third kappa shape index (κ3) is 8.26. The highest BCUT2D eigenvalue weighted by atomic mass is 32.2. The van der Waals surface area contributed by atoms with E-state index in [1.54, 1.807) is 42.9 Å². The van der Waals surface area contributed by atoms with E-state index in [1.807, 2.05) is 53.1 Å². The van der Waals surface area contributed by atoms with Crippen molar-refractivity contribution in [2.45, 2.75) is 50.3 Å². The van der Waals surface area contributed by atoms with Gasteiger partial charge in [-0.15, -0.1) is 0 Å². The molecule has 1 N–H and O–H groups in total. The third-order valence-corrected chi connectivity index (χ3v) is 7.55. The number of unbranched alkanes of at least 4 members (excludes halogenated alkanes) is 1. The van der Waals surface area contributed by atoms with E-state index < -0.39 is 10.8 Å². The monoisotopic (exact) mass is 541 g/mol. The summed E-state index contributed by atoms with van der Waals surface area (Å²) < 4.78 is 20.6. The van der Waals surface area contributed by atoms with Crippen molar-refractivity contribution in [1.29, 1.82) is 0 Å². The van der Waals surface area contributed by atoms with Crippen LogP contribution in [0, 0.1) is 0 Å². The number of anilines is 1. The average molecular weight is 542 g/mol. The van der Waals surface area contributed by atoms with Crippen molar-refractivity contribution in [1.82, 2.24) is 9.55 Å². The molecule has 0 bridgehead atoms. The number of rotatable bonds is 13. The molecule has 0 saturated heterocycles. The second-order valence-electron chi connectivity index (χ2n) is 9.27. The van der Waals surface area contributed by atoms with Gasteiger partial charge in [0.15, 0.2) is 0 Å². The van der Waals surface area contributed by atoms with E-state index in [4.69, 9.17) is 4.74 Å². The van der Waals surface area contributed by atoms with Crippen LogP contribution in [0.5, 0.6) is 5.75 Å². The summed E-state index contributed by atoms with van der Waals surface area (Å²) in [5.74, 6) is 1.05. The van der Waals surface area contributed by atoms with Crippen LogP contribution < -0.4 is 10.1 Å². The summed E-state index contributed by atoms with van der Waals surface area (Å²) in [6.07, 6.45) is 10.0. The molecule has 0 radical (unpaired) electrons. The van der Waals surface area contributed by atoms with Crippen LogP contribution >= 0.6 is 0 Å². The lowest BCUT2D eigenvalue weighted by Crippen LogP contribution is -2.08. The number of imidazole rings is 1. The molecule has 0 spiro atoms. The van der Waals surface area contributed by atoms with Crippen LogP contribution in [0.3, 0.4) is 0 Å². The minimum atomic E-state index is -1.19. The fraction of sp³-hybridized carbons (Fsp3) is 0.250. The van der Waals surface area contributed by atoms with Crippen LogP contribution in [-0.4, -0.2) is 26.3 Å². The highest BCUT2D eigenvalue weighted by Gasteiger charge is 2.10. The van der Waals surface area contributed by atoms with Gasteiger partial charge in [-0.25, -0.2) is 4.98 Å². The first-order valence-electron chi connectivity index (χ1n) is 13.4. The van der Waals surface area contributed by atoms with Crippen molar-refractivity contribution in [3.05, 3.63) is 103 Å². The summed E-state index contributed by atoms with van der Waals surface area (Å²) in [7, 11) is -1.19. The minimum absolute atomic E-state index is 0.230. The smallest absolute Gasteiger partial charge is 0.248 e. The predicted molar refractivity (Wildman–Crippen MR) is 159 cm³/mol. The van der Waals surface area contributed by atoms with Crippen LogP contribution in [0.15, 0.2) is 96.3 Å². The number of nitrogens with one attached hydrogen (secondary N) is 1. The first-order valence-corrected chi connectivity index (χ1v) is 14.7. The van der Waals surface area contributed by atoms with Crippen LogP contribution in [-0.2, 0) is 27.9 Å². The topological polar surface area (TPSA) is 73.2 Å². The molecule has 1 atom stereocenters. The Morgan fingerprint density at radius 3 is 2.54 bits per heavy atom. The van der Waals surface area contributed by atoms with Gasteiger partial charge < -0.3 is 14.6 Å². The zero-order valence-electron chi connectivity index (χ0n) is 22.5. The minimum Gasteiger partial charge on any atom is -0.494 e. The second-order valence-corrected chi connectivity index (χ2v) is 10.7. The Bertz CT molecular complexity index is 1410. The molecular weight excluding hydrogens is 506 g/mol. The molecule has 0 aliphatic carbocycles. The normalized spacial score (nSPS) is 11.9. The van der Waals surface area contributed by atoms with Gasteiger partial charge in [-0.05, 0) is 78.1 Å². The molecule has 0 aliphatic heterocycles. The molecule has 4 aromatic rings. The molecule has 4 rings (SSSR count). The number of aromatic nitrogens is 2. The van der Waals surface area contributed by atoms with Gasteiger partial charge in [0, 0.05) is 29.4 Å². The Kier molecular flexibility index (Phi) is 10.3. The molecule has 1 amide bonds. The van der Waals surface area contributed by atoms with E-state index >= 15 is 0 Å². The molecule has 6 nitrogen and oxygen atoms in total. The standard InChI is InChI=1S/C32H35N3O3S/c1-3-5-20-38-30-14-10-26(11-15-30)27-8-6-7-25(21-27)9-18-32(36)34-28-12-16-31(17-13-28)39(37)23-29-22-33-24-35(29)19-4-2/h6-18,21-22,24H,3-5,19-20,23H2,1-2H3,(H,34,36)/b18-9+. The Labute approximate surface area is 233 Å². The van der Waals surface area contributed by atoms with Crippen molar-refractivity contribution >= 4 is 28.5 Å². The van der Waals surface area contributed by atoms with Crippen molar-refractivity contribution in [3.8, 4) is 16.9 Å². The molecule has 1 aromatic heterocycles. The SMILES string of the molecule is CCCCOc1ccc(-c2cccc(/C=C/C(=O)Nc3ccc(S(=O)Cc4cncn4CCC)cc3)c2)cc1. The van der Waals surface area contributed by atoms with Gasteiger partial charge in [0.05, 0.1) is 35.2 Å². The third-order valence-electron chi connectivity index (χ3n) is 6.19. The van der Waals surface area contributed by atoms with E-state index in [1.165, 1.54) is 6.08 Å². The van der Waals surface area contributed by atoms with E-state index in [0.717, 1.165) is 60.5 Å². The molecule has 39 heavy (non-hydrogen) atoms. The van der Waals surface area contributed by atoms with Gasteiger partial charge in [-0.2, -0.15) is 0 Å². The van der Waals surface area contributed by atoms with Crippen molar-refractivity contribution < 1.29 is 13.7 Å². The van der Waals surface area contributed by atoms with E-state index in [0.29, 0.717) is 16.3 Å². The molecule has 0 fully saturated rings. The number of carbonyl (C=O) groups excluding carboxylic acids is 1. The van der Waals surface area contributed by atoms with Gasteiger partial charge in [0.25, 0.3) is 0 Å². The number of nitrogens with zero attached hydrogens (tertiary/aromatic N) is 2. The first kappa shape index (κ1) is 28.0. The highest BCUT2D eigenvalue weighted by Crippen LogP contribution is 2.24. The lowest BCUT2D eigenvalue weighted by Gasteiger charge is -2.08. The van der Waals surface area contributed by atoms with Crippen molar-refractivity contribution in [2.75, 3.05) is 11.9 Å². The van der Waals surface area contributed by atoms with E-state index in [9.17, 15) is 9.00 Å². The summed E-state index contributed by atoms with van der Waals surface area (Å²) in [6.45, 7) is 5.84. The predicted octanol–water partition coefficient (Wildman–Crippen LogP) is 7.10. The van der Waals surface area contributed by atoms with Crippen LogP contribution in [0.1, 0.15) is 44.4 Å². The van der Waals surface area contributed by atoms with Crippen LogP contribution in [0.2, 0.25) is 0 Å². The number of benzene rings is 3. The number of carbonyl (C=O) groups is 1.